The molecule has 0 aliphatic carbocycles. The van der Waals surface area contributed by atoms with Crippen LogP contribution in [0.1, 0.15) is 0 Å². The van der Waals surface area contributed by atoms with Crippen LogP contribution in [-0.2, 0) is 28.8 Å². The van der Waals surface area contributed by atoms with Gasteiger partial charge in [-0.3, -0.25) is 18.2 Å². The number of rotatable bonds is 2. The summed E-state index contributed by atoms with van der Waals surface area (Å²) in [4.78, 5) is 16.1. The molecule has 0 radical (unpaired) electrons. The highest BCUT2D eigenvalue weighted by Crippen LogP contribution is 2.33. The Balaban J connectivity index is -0.000000174. The van der Waals surface area contributed by atoms with Crippen molar-refractivity contribution in [3.63, 3.8) is 0 Å². The van der Waals surface area contributed by atoms with Gasteiger partial charge in [-0.2, -0.15) is 8.42 Å². The Bertz CT molecular complexity index is 336. The van der Waals surface area contributed by atoms with E-state index >= 15 is 0 Å². The SMILES string of the molecule is CP(=O)(O)ON.CP(=O)(O)ON.O=S(=O)(O)O. The minimum absolute atomic E-state index is 1.01. The molecule has 12 nitrogen and oxygen atoms in total. The molecule has 0 rings (SSSR count). The third kappa shape index (κ3) is 86.1. The summed E-state index contributed by atoms with van der Waals surface area (Å²) >= 11 is 0. The van der Waals surface area contributed by atoms with Gasteiger partial charge in [-0.05, 0) is 0 Å². The van der Waals surface area contributed by atoms with Crippen molar-refractivity contribution in [1.82, 2.24) is 0 Å². The maximum absolute atomic E-state index is 9.79. The summed E-state index contributed by atoms with van der Waals surface area (Å²) in [6, 6.07) is 0. The second kappa shape index (κ2) is 9.08. The molecule has 0 aromatic heterocycles. The molecule has 8 N–H and O–H groups in total. The van der Waals surface area contributed by atoms with Gasteiger partial charge in [0, 0.05) is 13.3 Å². The van der Waals surface area contributed by atoms with Gasteiger partial charge in [0.15, 0.2) is 0 Å². The zero-order valence-electron chi connectivity index (χ0n) is 8.70. The second-order valence-electron chi connectivity index (χ2n) is 2.26. The van der Waals surface area contributed by atoms with Gasteiger partial charge >= 0.3 is 25.6 Å². The fourth-order valence-electron chi connectivity index (χ4n) is 0. The molecule has 17 heavy (non-hydrogen) atoms. The zero-order valence-corrected chi connectivity index (χ0v) is 11.3. The predicted octanol–water partition coefficient (Wildman–Crippen LogP) is -1.27. The summed E-state index contributed by atoms with van der Waals surface area (Å²) in [7, 11) is -11.4. The first-order valence-electron chi connectivity index (χ1n) is 3.19. The zero-order chi connectivity index (χ0) is 14.9. The molecule has 108 valence electrons. The standard InChI is InChI=1S/2CH6NO3P.H2O4S/c2*1-6(3,4)5-2;1-5(2,3)4/h2*2H2,1H3,(H,3,4);(H2,1,2,3,4). The molecular formula is C2H14N2O10P2S. The predicted molar refractivity (Wildman–Crippen MR) is 56.2 cm³/mol. The second-order valence-corrected chi connectivity index (χ2v) is 6.79. The Morgan fingerprint density at radius 2 is 1.00 bits per heavy atom. The van der Waals surface area contributed by atoms with Crippen LogP contribution >= 0.6 is 15.2 Å². The normalized spacial score (nSPS) is 17.4. The van der Waals surface area contributed by atoms with Gasteiger partial charge in [0.2, 0.25) is 0 Å². The average molecular weight is 320 g/mol. The molecule has 0 saturated carbocycles. The average Bonchev–Trinajstić information content (AvgIpc) is 2.00. The van der Waals surface area contributed by atoms with Crippen LogP contribution < -0.4 is 11.8 Å². The Morgan fingerprint density at radius 3 is 1.00 bits per heavy atom. The summed E-state index contributed by atoms with van der Waals surface area (Å²) in [5.41, 5.74) is 0. The first kappa shape index (κ1) is 22.3. The van der Waals surface area contributed by atoms with E-state index in [-0.39, 0.29) is 0 Å². The van der Waals surface area contributed by atoms with Crippen LogP contribution in [-0.4, -0.2) is 40.6 Å². The van der Waals surface area contributed by atoms with Crippen LogP contribution in [0.15, 0.2) is 0 Å². The van der Waals surface area contributed by atoms with Gasteiger partial charge in [-0.15, -0.1) is 0 Å². The van der Waals surface area contributed by atoms with Crippen molar-refractivity contribution in [3.05, 3.63) is 0 Å². The Hall–Kier alpha value is 0.0900. The minimum Gasteiger partial charge on any atom is -0.324 e. The summed E-state index contributed by atoms with van der Waals surface area (Å²) < 4.78 is 58.3. The van der Waals surface area contributed by atoms with E-state index < -0.39 is 25.6 Å². The number of nitrogens with two attached hydrogens (primary N) is 2. The molecule has 0 heterocycles. The van der Waals surface area contributed by atoms with Gasteiger partial charge in [0.1, 0.15) is 0 Å². The van der Waals surface area contributed by atoms with Crippen molar-refractivity contribution < 1.29 is 45.7 Å². The van der Waals surface area contributed by atoms with Gasteiger partial charge in [-0.1, -0.05) is 0 Å². The molecule has 0 bridgehead atoms. The van der Waals surface area contributed by atoms with Crippen LogP contribution in [0.4, 0.5) is 0 Å². The summed E-state index contributed by atoms with van der Waals surface area (Å²) in [5.74, 6) is 8.58. The molecule has 0 aromatic rings. The third-order valence-corrected chi connectivity index (χ3v) is 1.17. The van der Waals surface area contributed by atoms with Crippen molar-refractivity contribution in [1.29, 1.82) is 0 Å². The highest BCUT2D eigenvalue weighted by molar-refractivity contribution is 7.79. The van der Waals surface area contributed by atoms with Crippen LogP contribution in [0.25, 0.3) is 0 Å². The molecule has 0 aromatic carbocycles. The minimum atomic E-state index is -4.67. The third-order valence-electron chi connectivity index (χ3n) is 0.391. The smallest absolute Gasteiger partial charge is 0.324 e. The quantitative estimate of drug-likeness (QED) is 0.199. The highest BCUT2D eigenvalue weighted by Gasteiger charge is 2.04. The van der Waals surface area contributed by atoms with E-state index in [1.54, 1.807) is 0 Å². The molecule has 0 aliphatic rings. The fourth-order valence-corrected chi connectivity index (χ4v) is 0. The highest BCUT2D eigenvalue weighted by atomic mass is 32.3. The Labute approximate surface area is 97.1 Å². The maximum atomic E-state index is 9.79. The van der Waals surface area contributed by atoms with Gasteiger partial charge in [-0.25, -0.2) is 21.0 Å². The van der Waals surface area contributed by atoms with Crippen molar-refractivity contribution in [2.75, 3.05) is 13.3 Å². The van der Waals surface area contributed by atoms with E-state index in [0.29, 0.717) is 0 Å². The van der Waals surface area contributed by atoms with Crippen molar-refractivity contribution in [2.24, 2.45) is 11.8 Å². The van der Waals surface area contributed by atoms with E-state index in [1.807, 2.05) is 0 Å². The molecule has 0 fully saturated rings. The summed E-state index contributed by atoms with van der Waals surface area (Å²) in [6.45, 7) is 2.01. The summed E-state index contributed by atoms with van der Waals surface area (Å²) in [6.07, 6.45) is 0. The van der Waals surface area contributed by atoms with Crippen molar-refractivity contribution in [2.45, 2.75) is 0 Å². The molecular weight excluding hydrogens is 306 g/mol. The first-order valence-corrected chi connectivity index (χ1v) is 8.64. The van der Waals surface area contributed by atoms with E-state index in [0.717, 1.165) is 13.3 Å². The van der Waals surface area contributed by atoms with E-state index in [4.69, 9.17) is 27.3 Å². The lowest BCUT2D eigenvalue weighted by Gasteiger charge is -1.95. The first-order chi connectivity index (χ1) is 7.12. The Morgan fingerprint density at radius 1 is 0.941 bits per heavy atom. The van der Waals surface area contributed by atoms with Crippen LogP contribution in [0.5, 0.6) is 0 Å². The van der Waals surface area contributed by atoms with E-state index in [2.05, 4.69) is 21.0 Å². The van der Waals surface area contributed by atoms with Crippen LogP contribution in [0.3, 0.4) is 0 Å². The molecule has 15 heteroatoms. The number of hydrogen-bond acceptors (Lipinski definition) is 8. The lowest BCUT2D eigenvalue weighted by Crippen LogP contribution is -1.93. The van der Waals surface area contributed by atoms with Crippen LogP contribution in [0, 0.1) is 0 Å². The van der Waals surface area contributed by atoms with E-state index in [9.17, 15) is 9.13 Å². The molecule has 0 aliphatic heterocycles. The summed E-state index contributed by atoms with van der Waals surface area (Å²) in [5, 5.41) is 0. The number of hydrogen-bond donors (Lipinski definition) is 6. The molecule has 0 saturated heterocycles. The lowest BCUT2D eigenvalue weighted by molar-refractivity contribution is 0.272. The molecule has 2 unspecified atom stereocenters. The van der Waals surface area contributed by atoms with E-state index in [1.165, 1.54) is 0 Å². The topological polar surface area (TPSA) is 220 Å². The van der Waals surface area contributed by atoms with Gasteiger partial charge < -0.3 is 9.79 Å². The molecule has 0 spiro atoms. The molecule has 2 atom stereocenters. The maximum Gasteiger partial charge on any atom is 0.394 e. The van der Waals surface area contributed by atoms with Crippen molar-refractivity contribution >= 4 is 25.6 Å². The van der Waals surface area contributed by atoms with Gasteiger partial charge in [0.05, 0.1) is 0 Å². The Kier molecular flexibility index (Phi) is 11.9. The lowest BCUT2D eigenvalue weighted by atomic mass is 12.0. The fraction of sp³-hybridized carbons (Fsp3) is 1.00. The van der Waals surface area contributed by atoms with Crippen molar-refractivity contribution in [3.8, 4) is 0 Å². The van der Waals surface area contributed by atoms with Gasteiger partial charge in [0.25, 0.3) is 0 Å². The largest absolute Gasteiger partial charge is 0.394 e. The van der Waals surface area contributed by atoms with Crippen LogP contribution in [0.2, 0.25) is 0 Å². The molecule has 0 amide bonds. The monoisotopic (exact) mass is 320 g/mol.